The summed E-state index contributed by atoms with van der Waals surface area (Å²) in [4.78, 5) is 22.2. The molecule has 3 N–H and O–H groups in total. The summed E-state index contributed by atoms with van der Waals surface area (Å²) in [5, 5.41) is 14.3. The number of hydrogen-bond donors (Lipinski definition) is 3. The van der Waals surface area contributed by atoms with Gasteiger partial charge in [0.25, 0.3) is 0 Å². The summed E-state index contributed by atoms with van der Waals surface area (Å²) in [5.41, 5.74) is 0. The number of aliphatic carboxylic acids is 1. The molecule has 5 nitrogen and oxygen atoms in total. The van der Waals surface area contributed by atoms with Crippen LogP contribution in [-0.4, -0.2) is 35.1 Å². The normalized spacial score (nSPS) is 14.7. The second-order valence-corrected chi connectivity index (χ2v) is 3.85. The number of carbonyl (C=O) groups is 2. The monoisotopic (exact) mass is 216 g/mol. The predicted octanol–water partition coefficient (Wildman–Crippen LogP) is 0.352. The maximum absolute atomic E-state index is 11.5. The van der Waals surface area contributed by atoms with Crippen molar-refractivity contribution in [3.05, 3.63) is 0 Å². The molecular formula is C10H20N2O3. The van der Waals surface area contributed by atoms with Crippen LogP contribution >= 0.6 is 0 Å². The first kappa shape index (κ1) is 13.9. The van der Waals surface area contributed by atoms with Gasteiger partial charge >= 0.3 is 5.97 Å². The minimum Gasteiger partial charge on any atom is -0.480 e. The van der Waals surface area contributed by atoms with Crippen LogP contribution in [0.3, 0.4) is 0 Å². The fourth-order valence-electron chi connectivity index (χ4n) is 1.15. The van der Waals surface area contributed by atoms with E-state index >= 15 is 0 Å². The van der Waals surface area contributed by atoms with Gasteiger partial charge in [-0.3, -0.25) is 14.9 Å². The third kappa shape index (κ3) is 5.37. The van der Waals surface area contributed by atoms with Crippen LogP contribution in [0.1, 0.15) is 34.1 Å². The Labute approximate surface area is 90.2 Å². The Morgan fingerprint density at radius 1 is 1.27 bits per heavy atom. The average Bonchev–Trinajstić information content (AvgIpc) is 2.11. The Morgan fingerprint density at radius 2 is 1.80 bits per heavy atom. The number of carbonyl (C=O) groups excluding carboxylic acids is 1. The molecule has 0 saturated carbocycles. The first-order chi connectivity index (χ1) is 6.88. The summed E-state index contributed by atoms with van der Waals surface area (Å²) in [5.74, 6) is -1.11. The van der Waals surface area contributed by atoms with Crippen molar-refractivity contribution in [2.45, 2.75) is 52.2 Å². The molecule has 0 saturated heterocycles. The van der Waals surface area contributed by atoms with Crippen molar-refractivity contribution in [2.24, 2.45) is 0 Å². The van der Waals surface area contributed by atoms with Crippen molar-refractivity contribution < 1.29 is 14.7 Å². The van der Waals surface area contributed by atoms with E-state index in [1.54, 1.807) is 13.8 Å². The largest absolute Gasteiger partial charge is 0.480 e. The van der Waals surface area contributed by atoms with Crippen LogP contribution in [0, 0.1) is 0 Å². The molecule has 1 amide bonds. The van der Waals surface area contributed by atoms with Crippen molar-refractivity contribution in [2.75, 3.05) is 0 Å². The molecule has 88 valence electrons. The Bertz CT molecular complexity index is 229. The zero-order chi connectivity index (χ0) is 12.0. The highest BCUT2D eigenvalue weighted by atomic mass is 16.4. The quantitative estimate of drug-likeness (QED) is 0.598. The van der Waals surface area contributed by atoms with Gasteiger partial charge in [0.1, 0.15) is 6.04 Å². The minimum absolute atomic E-state index is 0.0617. The second-order valence-electron chi connectivity index (χ2n) is 3.85. The number of amides is 1. The SMILES string of the molecule is CCC(NC(C)C(=O)NC(C)C)C(=O)O. The van der Waals surface area contributed by atoms with Crippen LogP contribution in [0.15, 0.2) is 0 Å². The van der Waals surface area contributed by atoms with E-state index in [9.17, 15) is 9.59 Å². The van der Waals surface area contributed by atoms with Gasteiger partial charge in [0, 0.05) is 6.04 Å². The molecule has 0 bridgehead atoms. The number of rotatable bonds is 6. The van der Waals surface area contributed by atoms with Gasteiger partial charge in [-0.15, -0.1) is 0 Å². The topological polar surface area (TPSA) is 78.4 Å². The first-order valence-electron chi connectivity index (χ1n) is 5.17. The zero-order valence-electron chi connectivity index (χ0n) is 9.70. The number of hydrogen-bond acceptors (Lipinski definition) is 3. The van der Waals surface area contributed by atoms with Gasteiger partial charge < -0.3 is 10.4 Å². The fraction of sp³-hybridized carbons (Fsp3) is 0.800. The number of carboxylic acids is 1. The number of carboxylic acid groups (broad SMARTS) is 1. The molecule has 2 atom stereocenters. The standard InChI is InChI=1S/C10H20N2O3/c1-5-8(10(14)15)12-7(4)9(13)11-6(2)3/h6-8,12H,5H2,1-4H3,(H,11,13)(H,14,15). The molecule has 0 aliphatic heterocycles. The summed E-state index contributed by atoms with van der Waals surface area (Å²) >= 11 is 0. The molecule has 5 heteroatoms. The van der Waals surface area contributed by atoms with Gasteiger partial charge in [-0.05, 0) is 27.2 Å². The van der Waals surface area contributed by atoms with Crippen molar-refractivity contribution >= 4 is 11.9 Å². The Balaban J connectivity index is 4.15. The van der Waals surface area contributed by atoms with Crippen molar-refractivity contribution in [3.63, 3.8) is 0 Å². The van der Waals surface area contributed by atoms with E-state index in [4.69, 9.17) is 5.11 Å². The molecule has 0 radical (unpaired) electrons. The van der Waals surface area contributed by atoms with Crippen molar-refractivity contribution in [1.82, 2.24) is 10.6 Å². The van der Waals surface area contributed by atoms with Gasteiger partial charge in [0.2, 0.25) is 5.91 Å². The molecule has 2 unspecified atom stereocenters. The van der Waals surface area contributed by atoms with Crippen LogP contribution in [-0.2, 0) is 9.59 Å². The molecular weight excluding hydrogens is 196 g/mol. The van der Waals surface area contributed by atoms with Crippen LogP contribution in [0.4, 0.5) is 0 Å². The van der Waals surface area contributed by atoms with Crippen LogP contribution in [0.2, 0.25) is 0 Å². The van der Waals surface area contributed by atoms with Gasteiger partial charge in [-0.2, -0.15) is 0 Å². The summed E-state index contributed by atoms with van der Waals surface area (Å²) in [6.45, 7) is 7.14. The Hall–Kier alpha value is -1.10. The van der Waals surface area contributed by atoms with Gasteiger partial charge in [0.15, 0.2) is 0 Å². The van der Waals surface area contributed by atoms with Crippen molar-refractivity contribution in [1.29, 1.82) is 0 Å². The lowest BCUT2D eigenvalue weighted by Crippen LogP contribution is -2.50. The van der Waals surface area contributed by atoms with Crippen LogP contribution in [0.5, 0.6) is 0 Å². The number of nitrogens with one attached hydrogen (secondary N) is 2. The van der Waals surface area contributed by atoms with E-state index < -0.39 is 18.1 Å². The lowest BCUT2D eigenvalue weighted by atomic mass is 10.2. The molecule has 0 aromatic heterocycles. The summed E-state index contributed by atoms with van der Waals surface area (Å²) < 4.78 is 0. The predicted molar refractivity (Wildman–Crippen MR) is 57.6 cm³/mol. The third-order valence-electron chi connectivity index (χ3n) is 1.98. The molecule has 0 heterocycles. The average molecular weight is 216 g/mol. The molecule has 0 aromatic rings. The van der Waals surface area contributed by atoms with E-state index in [1.165, 1.54) is 0 Å². The molecule has 15 heavy (non-hydrogen) atoms. The summed E-state index contributed by atoms with van der Waals surface area (Å²) in [6, 6.07) is -1.10. The van der Waals surface area contributed by atoms with Crippen molar-refractivity contribution in [3.8, 4) is 0 Å². The minimum atomic E-state index is -0.929. The first-order valence-corrected chi connectivity index (χ1v) is 5.17. The van der Waals surface area contributed by atoms with E-state index in [0.29, 0.717) is 6.42 Å². The van der Waals surface area contributed by atoms with E-state index in [2.05, 4.69) is 10.6 Å². The molecule has 0 fully saturated rings. The molecule has 0 aliphatic rings. The van der Waals surface area contributed by atoms with Gasteiger partial charge in [-0.25, -0.2) is 0 Å². The highest BCUT2D eigenvalue weighted by Crippen LogP contribution is 1.94. The maximum Gasteiger partial charge on any atom is 0.320 e. The molecule has 0 aliphatic carbocycles. The van der Waals surface area contributed by atoms with Crippen LogP contribution < -0.4 is 10.6 Å². The summed E-state index contributed by atoms with van der Waals surface area (Å²) in [6.07, 6.45) is 0.453. The smallest absolute Gasteiger partial charge is 0.320 e. The highest BCUT2D eigenvalue weighted by Gasteiger charge is 2.21. The molecule has 0 aromatic carbocycles. The Morgan fingerprint density at radius 3 is 2.13 bits per heavy atom. The second kappa shape index (κ2) is 6.40. The van der Waals surface area contributed by atoms with E-state index in [1.807, 2.05) is 13.8 Å². The van der Waals surface area contributed by atoms with E-state index in [0.717, 1.165) is 0 Å². The lowest BCUT2D eigenvalue weighted by Gasteiger charge is -2.19. The van der Waals surface area contributed by atoms with Gasteiger partial charge in [0.05, 0.1) is 6.04 Å². The van der Waals surface area contributed by atoms with Crippen LogP contribution in [0.25, 0.3) is 0 Å². The summed E-state index contributed by atoms with van der Waals surface area (Å²) in [7, 11) is 0. The van der Waals surface area contributed by atoms with E-state index in [-0.39, 0.29) is 11.9 Å². The molecule has 0 rings (SSSR count). The zero-order valence-corrected chi connectivity index (χ0v) is 9.70. The Kier molecular flexibility index (Phi) is 5.93. The third-order valence-corrected chi connectivity index (χ3v) is 1.98. The highest BCUT2D eigenvalue weighted by molar-refractivity contribution is 5.82. The van der Waals surface area contributed by atoms with Gasteiger partial charge in [-0.1, -0.05) is 6.92 Å². The lowest BCUT2D eigenvalue weighted by molar-refractivity contribution is -0.140. The molecule has 0 spiro atoms. The fourth-order valence-corrected chi connectivity index (χ4v) is 1.15. The maximum atomic E-state index is 11.5.